The molecule has 3 heteroatoms. The molecule has 0 N–H and O–H groups in total. The molecule has 3 rings (SSSR count). The SMILES string of the molecule is Cc1ccc2oc(-c3cccc(F)c3)cc(=O)c2c1. The highest BCUT2D eigenvalue weighted by Crippen LogP contribution is 2.23. The highest BCUT2D eigenvalue weighted by molar-refractivity contribution is 5.79. The van der Waals surface area contributed by atoms with Gasteiger partial charge in [0.05, 0.1) is 5.39 Å². The first kappa shape index (κ1) is 11.7. The lowest BCUT2D eigenvalue weighted by Crippen LogP contribution is -2.00. The summed E-state index contributed by atoms with van der Waals surface area (Å²) in [6.45, 7) is 1.92. The topological polar surface area (TPSA) is 30.2 Å². The van der Waals surface area contributed by atoms with E-state index in [-0.39, 0.29) is 11.2 Å². The van der Waals surface area contributed by atoms with Crippen molar-refractivity contribution in [2.45, 2.75) is 6.92 Å². The Morgan fingerprint density at radius 3 is 2.68 bits per heavy atom. The minimum atomic E-state index is -0.357. The lowest BCUT2D eigenvalue weighted by atomic mass is 10.1. The van der Waals surface area contributed by atoms with Crippen molar-refractivity contribution in [3.63, 3.8) is 0 Å². The predicted octanol–water partition coefficient (Wildman–Crippen LogP) is 3.91. The molecule has 2 nitrogen and oxygen atoms in total. The molecule has 0 atom stereocenters. The van der Waals surface area contributed by atoms with E-state index >= 15 is 0 Å². The Morgan fingerprint density at radius 1 is 1.05 bits per heavy atom. The third-order valence-corrected chi connectivity index (χ3v) is 2.99. The average Bonchev–Trinajstić information content (AvgIpc) is 2.39. The molecule has 0 spiro atoms. The smallest absolute Gasteiger partial charge is 0.193 e. The summed E-state index contributed by atoms with van der Waals surface area (Å²) in [5, 5.41) is 0.542. The molecule has 0 unspecified atom stereocenters. The van der Waals surface area contributed by atoms with Crippen LogP contribution in [0.5, 0.6) is 0 Å². The molecule has 0 amide bonds. The summed E-state index contributed by atoms with van der Waals surface area (Å²) >= 11 is 0. The molecular weight excluding hydrogens is 243 g/mol. The number of aryl methyl sites for hydroxylation is 1. The predicted molar refractivity (Wildman–Crippen MR) is 72.6 cm³/mol. The van der Waals surface area contributed by atoms with Crippen LogP contribution in [0.1, 0.15) is 5.56 Å². The highest BCUT2D eigenvalue weighted by Gasteiger charge is 2.07. The minimum absolute atomic E-state index is 0.121. The van der Waals surface area contributed by atoms with Crippen molar-refractivity contribution >= 4 is 11.0 Å². The quantitative estimate of drug-likeness (QED) is 0.659. The molecule has 0 aliphatic rings. The number of halogens is 1. The van der Waals surface area contributed by atoms with Gasteiger partial charge in [-0.3, -0.25) is 4.79 Å². The lowest BCUT2D eigenvalue weighted by molar-refractivity contribution is 0.611. The molecular formula is C16H11FO2. The molecule has 0 bridgehead atoms. The molecule has 0 aliphatic carbocycles. The van der Waals surface area contributed by atoms with Gasteiger partial charge in [-0.25, -0.2) is 4.39 Å². The van der Waals surface area contributed by atoms with Gasteiger partial charge in [-0.05, 0) is 31.2 Å². The Bertz CT molecular complexity index is 818. The molecule has 1 heterocycles. The number of benzene rings is 2. The fourth-order valence-corrected chi connectivity index (χ4v) is 2.05. The summed E-state index contributed by atoms with van der Waals surface area (Å²) in [6, 6.07) is 12.8. The molecule has 2 aromatic carbocycles. The zero-order chi connectivity index (χ0) is 13.4. The Kier molecular flexibility index (Phi) is 2.67. The van der Waals surface area contributed by atoms with Gasteiger partial charge >= 0.3 is 0 Å². The largest absolute Gasteiger partial charge is 0.456 e. The summed E-state index contributed by atoms with van der Waals surface area (Å²) in [7, 11) is 0. The average molecular weight is 254 g/mol. The molecule has 0 saturated heterocycles. The molecule has 3 aromatic rings. The van der Waals surface area contributed by atoms with E-state index in [0.717, 1.165) is 5.56 Å². The summed E-state index contributed by atoms with van der Waals surface area (Å²) in [5.41, 5.74) is 1.94. The van der Waals surface area contributed by atoms with Crippen molar-refractivity contribution in [1.82, 2.24) is 0 Å². The molecule has 1 aromatic heterocycles. The van der Waals surface area contributed by atoms with Crippen LogP contribution in [0.25, 0.3) is 22.3 Å². The summed E-state index contributed by atoms with van der Waals surface area (Å²) in [6.07, 6.45) is 0. The van der Waals surface area contributed by atoms with E-state index < -0.39 is 0 Å². The van der Waals surface area contributed by atoms with Crippen molar-refractivity contribution < 1.29 is 8.81 Å². The maximum Gasteiger partial charge on any atom is 0.193 e. The van der Waals surface area contributed by atoms with E-state index in [9.17, 15) is 9.18 Å². The van der Waals surface area contributed by atoms with Gasteiger partial charge in [0.25, 0.3) is 0 Å². The van der Waals surface area contributed by atoms with Gasteiger partial charge in [0, 0.05) is 11.6 Å². The standard InChI is InChI=1S/C16H11FO2/c1-10-5-6-15-13(7-10)14(18)9-16(19-15)11-3-2-4-12(17)8-11/h2-9H,1H3. The molecule has 0 aliphatic heterocycles. The summed E-state index contributed by atoms with van der Waals surface area (Å²) < 4.78 is 18.9. The van der Waals surface area contributed by atoms with Crippen LogP contribution in [-0.2, 0) is 0 Å². The van der Waals surface area contributed by atoms with E-state index in [2.05, 4.69) is 0 Å². The maximum atomic E-state index is 13.2. The number of fused-ring (bicyclic) bond motifs is 1. The third-order valence-electron chi connectivity index (χ3n) is 2.99. The second-order valence-electron chi connectivity index (χ2n) is 4.48. The van der Waals surface area contributed by atoms with Crippen molar-refractivity contribution in [3.8, 4) is 11.3 Å². The maximum absolute atomic E-state index is 13.2. The summed E-state index contributed by atoms with van der Waals surface area (Å²) in [4.78, 5) is 12.1. The second-order valence-corrected chi connectivity index (χ2v) is 4.48. The van der Waals surface area contributed by atoms with Crippen LogP contribution >= 0.6 is 0 Å². The zero-order valence-corrected chi connectivity index (χ0v) is 10.3. The van der Waals surface area contributed by atoms with Crippen LogP contribution in [0, 0.1) is 12.7 Å². The number of hydrogen-bond acceptors (Lipinski definition) is 2. The number of rotatable bonds is 1. The zero-order valence-electron chi connectivity index (χ0n) is 10.3. The Balaban J connectivity index is 2.27. The van der Waals surface area contributed by atoms with E-state index in [0.29, 0.717) is 22.3 Å². The molecule has 0 radical (unpaired) electrons. The third kappa shape index (κ3) is 2.15. The Morgan fingerprint density at radius 2 is 1.89 bits per heavy atom. The van der Waals surface area contributed by atoms with Gasteiger partial charge in [0.1, 0.15) is 17.2 Å². The molecule has 0 saturated carbocycles. The fraction of sp³-hybridized carbons (Fsp3) is 0.0625. The number of hydrogen-bond donors (Lipinski definition) is 0. The first-order valence-electron chi connectivity index (χ1n) is 5.94. The van der Waals surface area contributed by atoms with E-state index in [1.807, 2.05) is 13.0 Å². The van der Waals surface area contributed by atoms with Gasteiger partial charge in [0.2, 0.25) is 0 Å². The van der Waals surface area contributed by atoms with Gasteiger partial charge in [-0.2, -0.15) is 0 Å². The van der Waals surface area contributed by atoms with Crippen LogP contribution < -0.4 is 5.43 Å². The van der Waals surface area contributed by atoms with Gasteiger partial charge in [0.15, 0.2) is 5.43 Å². The van der Waals surface area contributed by atoms with E-state index in [4.69, 9.17) is 4.42 Å². The van der Waals surface area contributed by atoms with Crippen LogP contribution in [0.3, 0.4) is 0 Å². The highest BCUT2D eigenvalue weighted by atomic mass is 19.1. The van der Waals surface area contributed by atoms with Crippen LogP contribution in [0.4, 0.5) is 4.39 Å². The van der Waals surface area contributed by atoms with Crippen molar-refractivity contribution in [1.29, 1.82) is 0 Å². The van der Waals surface area contributed by atoms with Gasteiger partial charge in [-0.15, -0.1) is 0 Å². The van der Waals surface area contributed by atoms with Crippen molar-refractivity contribution in [2.75, 3.05) is 0 Å². The van der Waals surface area contributed by atoms with Gasteiger partial charge in [-0.1, -0.05) is 23.8 Å². The van der Waals surface area contributed by atoms with Crippen LogP contribution in [0.15, 0.2) is 57.7 Å². The lowest BCUT2D eigenvalue weighted by Gasteiger charge is -2.04. The first-order chi connectivity index (χ1) is 9.13. The Labute approximate surface area is 109 Å². The normalized spacial score (nSPS) is 10.8. The van der Waals surface area contributed by atoms with Gasteiger partial charge < -0.3 is 4.42 Å². The monoisotopic (exact) mass is 254 g/mol. The Hall–Kier alpha value is -2.42. The van der Waals surface area contributed by atoms with Crippen LogP contribution in [0.2, 0.25) is 0 Å². The molecule has 19 heavy (non-hydrogen) atoms. The van der Waals surface area contributed by atoms with E-state index in [1.165, 1.54) is 18.2 Å². The van der Waals surface area contributed by atoms with Crippen molar-refractivity contribution in [3.05, 3.63) is 70.1 Å². The van der Waals surface area contributed by atoms with Crippen LogP contribution in [-0.4, -0.2) is 0 Å². The van der Waals surface area contributed by atoms with Crippen molar-refractivity contribution in [2.24, 2.45) is 0 Å². The first-order valence-corrected chi connectivity index (χ1v) is 5.94. The second kappa shape index (κ2) is 4.35. The minimum Gasteiger partial charge on any atom is -0.456 e. The van der Waals surface area contributed by atoms with E-state index in [1.54, 1.807) is 24.3 Å². The molecule has 94 valence electrons. The molecule has 0 fully saturated rings. The fourth-order valence-electron chi connectivity index (χ4n) is 2.05. The summed E-state index contributed by atoms with van der Waals surface area (Å²) in [5.74, 6) is 0.0185.